The second-order valence-corrected chi connectivity index (χ2v) is 11.6. The van der Waals surface area contributed by atoms with Gasteiger partial charge in [-0.1, -0.05) is 24.3 Å². The zero-order chi connectivity index (χ0) is 26.4. The molecule has 2 N–H and O–H groups in total. The number of anilines is 1. The molecule has 2 aromatic heterocycles. The van der Waals surface area contributed by atoms with Crippen LogP contribution in [-0.4, -0.2) is 68.3 Å². The normalized spacial score (nSPS) is 22.8. The number of alkyl halides is 1. The van der Waals surface area contributed by atoms with Gasteiger partial charge in [0.15, 0.2) is 35.9 Å². The Kier molecular flexibility index (Phi) is 8.71. The molecular formula is C23H24FN6O5PS. The number of hydrogen-bond donors (Lipinski definition) is 2. The molecule has 194 valence electrons. The van der Waals surface area contributed by atoms with E-state index in [2.05, 4.69) is 26.8 Å². The van der Waals surface area contributed by atoms with Crippen LogP contribution in [0.4, 0.5) is 10.2 Å². The lowest BCUT2D eigenvalue weighted by Crippen LogP contribution is -2.32. The van der Waals surface area contributed by atoms with E-state index >= 15 is 4.39 Å². The molecule has 3 heterocycles. The first kappa shape index (κ1) is 26.9. The van der Waals surface area contributed by atoms with Crippen molar-refractivity contribution in [1.82, 2.24) is 19.5 Å². The summed E-state index contributed by atoms with van der Waals surface area (Å²) in [6.45, 7) is -0.380. The maximum atomic E-state index is 16.1. The maximum absolute atomic E-state index is 16.1. The van der Waals surface area contributed by atoms with Crippen LogP contribution in [0.25, 0.3) is 11.2 Å². The van der Waals surface area contributed by atoms with E-state index in [1.807, 2.05) is 6.07 Å². The minimum absolute atomic E-state index is 0.00156. The van der Waals surface area contributed by atoms with Gasteiger partial charge in [0.1, 0.15) is 6.33 Å². The molecule has 1 aromatic carbocycles. The molecule has 0 spiro atoms. The molecule has 1 fully saturated rings. The predicted molar refractivity (Wildman–Crippen MR) is 136 cm³/mol. The number of nitrogens with zero attached hydrogens (tertiary/aromatic N) is 5. The van der Waals surface area contributed by atoms with Crippen molar-refractivity contribution >= 4 is 41.2 Å². The van der Waals surface area contributed by atoms with E-state index in [4.69, 9.17) is 30.9 Å². The number of aromatic nitrogens is 4. The average molecular weight is 547 g/mol. The molecule has 0 radical (unpaired) electrons. The van der Waals surface area contributed by atoms with Crippen LogP contribution < -0.4 is 5.32 Å². The van der Waals surface area contributed by atoms with Gasteiger partial charge in [0.2, 0.25) is 0 Å². The molecule has 1 aliphatic rings. The monoisotopic (exact) mass is 546 g/mol. The predicted octanol–water partition coefficient (Wildman–Crippen LogP) is 3.12. The molecular weight excluding hydrogens is 522 g/mol. The second kappa shape index (κ2) is 12.0. The number of imidazole rings is 1. The Morgan fingerprint density at radius 2 is 2.14 bits per heavy atom. The fraction of sp³-hybridized carbons (Fsp3) is 0.348. The zero-order valence-corrected chi connectivity index (χ0v) is 21.2. The van der Waals surface area contributed by atoms with Crippen molar-refractivity contribution in [2.24, 2.45) is 0 Å². The number of fused-ring (bicyclic) bond motifs is 1. The molecule has 14 heteroatoms. The lowest BCUT2D eigenvalue weighted by atomic mass is 10.2. The highest BCUT2D eigenvalue weighted by Crippen LogP contribution is 2.61. The van der Waals surface area contributed by atoms with E-state index in [9.17, 15) is 9.90 Å². The fourth-order valence-corrected chi connectivity index (χ4v) is 7.25. The molecule has 4 rings (SSSR count). The summed E-state index contributed by atoms with van der Waals surface area (Å²) < 4.78 is 34.7. The third-order valence-corrected chi connectivity index (χ3v) is 9.36. The average Bonchev–Trinajstić information content (AvgIpc) is 3.49. The number of nitriles is 1. The van der Waals surface area contributed by atoms with Crippen LogP contribution >= 0.6 is 6.49 Å². The largest absolute Gasteiger partial charge is 0.394 e. The Balaban J connectivity index is 1.64. The topological polar surface area (TPSA) is 144 Å². The molecule has 11 nitrogen and oxygen atoms in total. The first-order valence-electron chi connectivity index (χ1n) is 11.2. The van der Waals surface area contributed by atoms with Gasteiger partial charge in [-0.15, -0.1) is 6.58 Å². The van der Waals surface area contributed by atoms with E-state index in [1.54, 1.807) is 30.3 Å². The Morgan fingerprint density at radius 3 is 2.84 bits per heavy atom. The van der Waals surface area contributed by atoms with Crippen LogP contribution in [0.2, 0.25) is 0 Å². The number of aliphatic hydroxyl groups is 1. The molecule has 3 unspecified atom stereocenters. The number of hydrogen-bond acceptors (Lipinski definition) is 10. The van der Waals surface area contributed by atoms with E-state index < -0.39 is 43.2 Å². The van der Waals surface area contributed by atoms with Crippen LogP contribution in [0.3, 0.4) is 0 Å². The minimum Gasteiger partial charge on any atom is -0.394 e. The van der Waals surface area contributed by atoms with Crippen LogP contribution in [0.15, 0.2) is 55.6 Å². The Labute approximate surface area is 217 Å². The summed E-state index contributed by atoms with van der Waals surface area (Å²) >= 11 is 5.63. The first-order valence-corrected chi connectivity index (χ1v) is 13.9. The van der Waals surface area contributed by atoms with Crippen molar-refractivity contribution in [3.8, 4) is 6.07 Å². The Hall–Kier alpha value is -3.11. The third kappa shape index (κ3) is 5.60. The summed E-state index contributed by atoms with van der Waals surface area (Å²) in [7, 11) is 0. The minimum atomic E-state index is -3.38. The lowest BCUT2D eigenvalue weighted by Gasteiger charge is -2.30. The highest BCUT2D eigenvalue weighted by Gasteiger charge is 2.54. The molecule has 1 aliphatic heterocycles. The summed E-state index contributed by atoms with van der Waals surface area (Å²) in [5.41, 5.74) is -0.284. The highest BCUT2D eigenvalue weighted by atomic mass is 32.5. The number of rotatable bonds is 11. The molecule has 37 heavy (non-hydrogen) atoms. The van der Waals surface area contributed by atoms with Crippen molar-refractivity contribution in [3.05, 3.63) is 61.2 Å². The van der Waals surface area contributed by atoms with Gasteiger partial charge in [0.25, 0.3) is 5.91 Å². The summed E-state index contributed by atoms with van der Waals surface area (Å²) in [5.74, 6) is -0.258. The highest BCUT2D eigenvalue weighted by molar-refractivity contribution is 8.10. The molecule has 1 saturated heterocycles. The van der Waals surface area contributed by atoms with Crippen molar-refractivity contribution in [2.45, 2.75) is 30.6 Å². The van der Waals surface area contributed by atoms with E-state index in [-0.39, 0.29) is 36.6 Å². The smallest absolute Gasteiger partial charge is 0.256 e. The molecule has 1 amide bonds. The second-order valence-electron chi connectivity index (χ2n) is 7.91. The quantitative estimate of drug-likeness (QED) is 0.209. The molecule has 0 aliphatic carbocycles. The number of benzene rings is 1. The van der Waals surface area contributed by atoms with Gasteiger partial charge in [0.05, 0.1) is 50.4 Å². The first-order chi connectivity index (χ1) is 17.9. The standard InChI is InChI=1S/C23H24FN6O5PS/c1-2-10-33-36(37,34-11-6-9-25)19-16(12-31)35-23(17(19)24)30-14-28-18-20(26-13-27-21(18)30)29-22(32)15-7-4-3-5-8-15/h2-5,7-8,13-14,16-17,19,23,31H,1,6,10-12H2,(H,26,27,29,32)/t16?,17-,19-,23?,36?/m1/s1. The Morgan fingerprint density at radius 1 is 1.35 bits per heavy atom. The van der Waals surface area contributed by atoms with Gasteiger partial charge < -0.3 is 24.2 Å². The van der Waals surface area contributed by atoms with E-state index in [1.165, 1.54) is 23.3 Å². The van der Waals surface area contributed by atoms with Crippen LogP contribution in [0, 0.1) is 11.3 Å². The van der Waals surface area contributed by atoms with Crippen molar-refractivity contribution < 1.29 is 28.1 Å². The number of amides is 1. The molecule has 5 atom stereocenters. The van der Waals surface area contributed by atoms with E-state index in [0.29, 0.717) is 5.56 Å². The van der Waals surface area contributed by atoms with Crippen LogP contribution in [0.5, 0.6) is 0 Å². The third-order valence-electron chi connectivity index (χ3n) is 5.60. The maximum Gasteiger partial charge on any atom is 0.256 e. The van der Waals surface area contributed by atoms with Gasteiger partial charge in [-0.2, -0.15) is 5.26 Å². The van der Waals surface area contributed by atoms with Crippen molar-refractivity contribution in [3.63, 3.8) is 0 Å². The number of halogens is 1. The molecule has 0 bridgehead atoms. The van der Waals surface area contributed by atoms with Crippen LogP contribution in [-0.2, 0) is 25.6 Å². The van der Waals surface area contributed by atoms with Gasteiger partial charge in [0, 0.05) is 5.56 Å². The molecule has 0 saturated carbocycles. The van der Waals surface area contributed by atoms with Crippen LogP contribution in [0.1, 0.15) is 23.0 Å². The van der Waals surface area contributed by atoms with Gasteiger partial charge in [-0.25, -0.2) is 19.3 Å². The summed E-state index contributed by atoms with van der Waals surface area (Å²) in [4.78, 5) is 25.2. The lowest BCUT2D eigenvalue weighted by molar-refractivity contribution is -0.0352. The molecule has 3 aromatic rings. The fourth-order valence-electron chi connectivity index (χ4n) is 3.94. The number of nitrogens with one attached hydrogen (secondary N) is 1. The zero-order valence-electron chi connectivity index (χ0n) is 19.5. The Bertz CT molecular complexity index is 1350. The van der Waals surface area contributed by atoms with Gasteiger partial charge in [-0.3, -0.25) is 9.36 Å². The van der Waals surface area contributed by atoms with Crippen molar-refractivity contribution in [2.75, 3.05) is 25.1 Å². The summed E-state index contributed by atoms with van der Waals surface area (Å²) in [6, 6.07) is 10.5. The number of carbonyl (C=O) groups excluding carboxylic acids is 1. The summed E-state index contributed by atoms with van der Waals surface area (Å²) in [6.07, 6.45) is -0.0701. The summed E-state index contributed by atoms with van der Waals surface area (Å²) in [5, 5.41) is 21.6. The van der Waals surface area contributed by atoms with Crippen molar-refractivity contribution in [1.29, 1.82) is 5.26 Å². The number of ether oxygens (including phenoxy) is 1. The van der Waals surface area contributed by atoms with Gasteiger partial charge in [-0.05, 0) is 23.9 Å². The van der Waals surface area contributed by atoms with Gasteiger partial charge >= 0.3 is 0 Å². The SMILES string of the molecule is C=CCOP(=S)(OCCC#N)[C@@H]1C(CO)OC(n2cnc3c(NC(=O)c4ccccc4)ncnc32)[C@@H]1F. The number of aliphatic hydroxyl groups excluding tert-OH is 1. The van der Waals surface area contributed by atoms with E-state index in [0.717, 1.165) is 0 Å². The number of carbonyl (C=O) groups is 1.